The number of carbonyl (C=O) groups is 1. The molecule has 0 radical (unpaired) electrons. The summed E-state index contributed by atoms with van der Waals surface area (Å²) in [5.41, 5.74) is 5.83. The van der Waals surface area contributed by atoms with E-state index in [1.54, 1.807) is 0 Å². The van der Waals surface area contributed by atoms with Crippen molar-refractivity contribution in [3.8, 4) is 0 Å². The average Bonchev–Trinajstić information content (AvgIpc) is 2.08. The lowest BCUT2D eigenvalue weighted by atomic mass is 10.4. The first-order valence-corrected chi connectivity index (χ1v) is 4.01. The Kier molecular flexibility index (Phi) is 3.19. The molecule has 0 bridgehead atoms. The Morgan fingerprint density at radius 3 is 2.85 bits per heavy atom. The van der Waals surface area contributed by atoms with E-state index in [2.05, 4.69) is 15.5 Å². The third-order valence-electron chi connectivity index (χ3n) is 1.48. The van der Waals surface area contributed by atoms with Crippen molar-refractivity contribution >= 4 is 11.7 Å². The van der Waals surface area contributed by atoms with Gasteiger partial charge in [-0.05, 0) is 19.1 Å². The Morgan fingerprint density at radius 2 is 2.31 bits per heavy atom. The molecule has 70 valence electrons. The molecule has 5 heteroatoms. The van der Waals surface area contributed by atoms with Gasteiger partial charge in [-0.3, -0.25) is 4.79 Å². The zero-order valence-corrected chi connectivity index (χ0v) is 7.45. The molecule has 1 heterocycles. The van der Waals surface area contributed by atoms with E-state index in [1.807, 2.05) is 19.1 Å². The number of rotatable bonds is 4. The number of carbonyl (C=O) groups excluding carboxylic acids is 1. The predicted molar refractivity (Wildman–Crippen MR) is 49.1 cm³/mol. The van der Waals surface area contributed by atoms with Crippen LogP contribution in [-0.2, 0) is 4.79 Å². The van der Waals surface area contributed by atoms with Crippen LogP contribution in [0.1, 0.15) is 12.1 Å². The molecule has 0 aliphatic carbocycles. The highest BCUT2D eigenvalue weighted by atomic mass is 16.1. The Morgan fingerprint density at radius 1 is 1.54 bits per heavy atom. The minimum Gasteiger partial charge on any atom is -0.370 e. The van der Waals surface area contributed by atoms with E-state index in [0.717, 1.165) is 5.69 Å². The number of aromatic nitrogens is 2. The third-order valence-corrected chi connectivity index (χ3v) is 1.48. The number of amides is 1. The van der Waals surface area contributed by atoms with E-state index in [9.17, 15) is 4.79 Å². The lowest BCUT2D eigenvalue weighted by Gasteiger charge is -2.02. The number of hydrogen-bond acceptors (Lipinski definition) is 4. The first kappa shape index (κ1) is 9.44. The minimum atomic E-state index is -0.326. The Balaban J connectivity index is 2.37. The van der Waals surface area contributed by atoms with Gasteiger partial charge in [0.1, 0.15) is 5.82 Å². The van der Waals surface area contributed by atoms with Crippen molar-refractivity contribution < 1.29 is 4.79 Å². The summed E-state index contributed by atoms with van der Waals surface area (Å²) in [7, 11) is 0. The molecule has 0 fully saturated rings. The van der Waals surface area contributed by atoms with Crippen molar-refractivity contribution in [2.24, 2.45) is 5.73 Å². The fourth-order valence-electron chi connectivity index (χ4n) is 0.807. The number of nitrogens with zero attached hydrogens (tertiary/aromatic N) is 2. The summed E-state index contributed by atoms with van der Waals surface area (Å²) in [6.45, 7) is 2.35. The van der Waals surface area contributed by atoms with Gasteiger partial charge in [0.25, 0.3) is 0 Å². The van der Waals surface area contributed by atoms with Gasteiger partial charge in [0.05, 0.1) is 5.69 Å². The lowest BCUT2D eigenvalue weighted by molar-refractivity contribution is -0.117. The van der Waals surface area contributed by atoms with Crippen molar-refractivity contribution in [2.45, 2.75) is 13.3 Å². The van der Waals surface area contributed by atoms with Crippen LogP contribution in [0.15, 0.2) is 12.1 Å². The highest BCUT2D eigenvalue weighted by Crippen LogP contribution is 2.00. The maximum atomic E-state index is 10.4. The quantitative estimate of drug-likeness (QED) is 0.687. The van der Waals surface area contributed by atoms with Crippen molar-refractivity contribution in [3.05, 3.63) is 17.8 Å². The molecule has 1 amide bonds. The van der Waals surface area contributed by atoms with Crippen molar-refractivity contribution in [1.82, 2.24) is 10.2 Å². The summed E-state index contributed by atoms with van der Waals surface area (Å²) in [6.07, 6.45) is 0.301. The SMILES string of the molecule is Cc1ccc(NCCC(N)=O)nn1. The van der Waals surface area contributed by atoms with Crippen LogP contribution >= 0.6 is 0 Å². The van der Waals surface area contributed by atoms with Crippen LogP contribution in [0.3, 0.4) is 0 Å². The van der Waals surface area contributed by atoms with Crippen molar-refractivity contribution in [2.75, 3.05) is 11.9 Å². The summed E-state index contributed by atoms with van der Waals surface area (Å²) in [5, 5.41) is 10.6. The van der Waals surface area contributed by atoms with Crippen LogP contribution in [0, 0.1) is 6.92 Å². The molecule has 0 atom stereocenters. The minimum absolute atomic E-state index is 0.301. The normalized spacial score (nSPS) is 9.62. The van der Waals surface area contributed by atoms with Crippen LogP contribution in [0.5, 0.6) is 0 Å². The summed E-state index contributed by atoms with van der Waals surface area (Å²) < 4.78 is 0. The largest absolute Gasteiger partial charge is 0.370 e. The molecule has 0 aromatic carbocycles. The first-order chi connectivity index (χ1) is 6.18. The fourth-order valence-corrected chi connectivity index (χ4v) is 0.807. The molecular weight excluding hydrogens is 168 g/mol. The van der Waals surface area contributed by atoms with Gasteiger partial charge in [-0.25, -0.2) is 0 Å². The topological polar surface area (TPSA) is 80.9 Å². The maximum absolute atomic E-state index is 10.4. The molecule has 0 saturated heterocycles. The van der Waals surface area contributed by atoms with Crippen LogP contribution in [0.25, 0.3) is 0 Å². The van der Waals surface area contributed by atoms with Gasteiger partial charge in [0.2, 0.25) is 5.91 Å². The Hall–Kier alpha value is -1.65. The second-order valence-corrected chi connectivity index (χ2v) is 2.70. The number of nitrogens with two attached hydrogens (primary N) is 1. The Bertz CT molecular complexity index is 283. The highest BCUT2D eigenvalue weighted by Gasteiger charge is 1.95. The van der Waals surface area contributed by atoms with Gasteiger partial charge in [-0.2, -0.15) is 5.10 Å². The molecular formula is C8H12N4O. The van der Waals surface area contributed by atoms with Crippen molar-refractivity contribution in [3.63, 3.8) is 0 Å². The van der Waals surface area contributed by atoms with Crippen LogP contribution in [-0.4, -0.2) is 22.6 Å². The molecule has 3 N–H and O–H groups in total. The molecule has 0 saturated carbocycles. The van der Waals surface area contributed by atoms with E-state index in [-0.39, 0.29) is 5.91 Å². The fraction of sp³-hybridized carbons (Fsp3) is 0.375. The van der Waals surface area contributed by atoms with Gasteiger partial charge >= 0.3 is 0 Å². The Labute approximate surface area is 76.4 Å². The smallest absolute Gasteiger partial charge is 0.219 e. The van der Waals surface area contributed by atoms with Crippen LogP contribution in [0.2, 0.25) is 0 Å². The average molecular weight is 180 g/mol. The number of anilines is 1. The third kappa shape index (κ3) is 3.50. The van der Waals surface area contributed by atoms with Gasteiger partial charge < -0.3 is 11.1 Å². The summed E-state index contributed by atoms with van der Waals surface area (Å²) in [4.78, 5) is 10.4. The highest BCUT2D eigenvalue weighted by molar-refractivity contribution is 5.74. The predicted octanol–water partition coefficient (Wildman–Crippen LogP) is 0.0723. The molecule has 13 heavy (non-hydrogen) atoms. The summed E-state index contributed by atoms with van der Waals surface area (Å²) in [5.74, 6) is 0.333. The van der Waals surface area contributed by atoms with E-state index in [1.165, 1.54) is 0 Å². The number of aryl methyl sites for hydroxylation is 1. The zero-order valence-electron chi connectivity index (χ0n) is 7.45. The first-order valence-electron chi connectivity index (χ1n) is 4.01. The molecule has 1 rings (SSSR count). The van der Waals surface area contributed by atoms with E-state index < -0.39 is 0 Å². The maximum Gasteiger partial charge on any atom is 0.219 e. The van der Waals surface area contributed by atoms with E-state index in [4.69, 9.17) is 5.73 Å². The van der Waals surface area contributed by atoms with Gasteiger partial charge in [-0.1, -0.05) is 0 Å². The van der Waals surface area contributed by atoms with E-state index in [0.29, 0.717) is 18.8 Å². The van der Waals surface area contributed by atoms with Gasteiger partial charge in [-0.15, -0.1) is 5.10 Å². The lowest BCUT2D eigenvalue weighted by Crippen LogP contribution is -2.16. The number of hydrogen-bond donors (Lipinski definition) is 2. The van der Waals surface area contributed by atoms with Gasteiger partial charge in [0, 0.05) is 13.0 Å². The second-order valence-electron chi connectivity index (χ2n) is 2.70. The summed E-state index contributed by atoms with van der Waals surface area (Å²) >= 11 is 0. The monoisotopic (exact) mass is 180 g/mol. The molecule has 0 aliphatic heterocycles. The van der Waals surface area contributed by atoms with Crippen LogP contribution in [0.4, 0.5) is 5.82 Å². The number of primary amides is 1. The molecule has 1 aromatic heterocycles. The van der Waals surface area contributed by atoms with Crippen molar-refractivity contribution in [1.29, 1.82) is 0 Å². The molecule has 0 aliphatic rings. The zero-order chi connectivity index (χ0) is 9.68. The number of nitrogens with one attached hydrogen (secondary N) is 1. The molecule has 0 spiro atoms. The van der Waals surface area contributed by atoms with E-state index >= 15 is 0 Å². The second kappa shape index (κ2) is 4.39. The molecule has 5 nitrogen and oxygen atoms in total. The molecule has 0 unspecified atom stereocenters. The van der Waals surface area contributed by atoms with Gasteiger partial charge in [0.15, 0.2) is 0 Å². The standard InChI is InChI=1S/C8H12N4O/c1-6-2-3-8(12-11-6)10-5-4-7(9)13/h2-3H,4-5H2,1H3,(H2,9,13)(H,10,12). The molecule has 1 aromatic rings. The van der Waals surface area contributed by atoms with Crippen LogP contribution < -0.4 is 11.1 Å². The summed E-state index contributed by atoms with van der Waals surface area (Å²) in [6, 6.07) is 3.66.